The number of H-pyrrole nitrogens is 1. The number of fused-ring (bicyclic) bond motifs is 1. The lowest BCUT2D eigenvalue weighted by Crippen LogP contribution is -2.29. The highest BCUT2D eigenvalue weighted by molar-refractivity contribution is 5.85. The Balaban J connectivity index is 0.000001000. The Bertz CT molecular complexity index is 488. The van der Waals surface area contributed by atoms with Crippen LogP contribution in [0.25, 0.3) is 11.0 Å². The predicted octanol–water partition coefficient (Wildman–Crippen LogP) is 3.34. The van der Waals surface area contributed by atoms with Gasteiger partial charge in [-0.25, -0.2) is 4.98 Å². The fraction of sp³-hybridized carbons (Fsp3) is 0.500. The Morgan fingerprint density at radius 3 is 2.55 bits per heavy atom. The van der Waals surface area contributed by atoms with E-state index in [0.29, 0.717) is 6.04 Å². The molecule has 0 radical (unpaired) electrons. The van der Waals surface area contributed by atoms with E-state index < -0.39 is 0 Å². The number of hydrogen-bond donors (Lipinski definition) is 3. The van der Waals surface area contributed by atoms with Crippen LogP contribution < -0.4 is 11.1 Å². The lowest BCUT2D eigenvalue weighted by atomic mass is 9.86. The second kappa shape index (κ2) is 7.72. The van der Waals surface area contributed by atoms with Crippen molar-refractivity contribution >= 4 is 41.8 Å². The van der Waals surface area contributed by atoms with Gasteiger partial charge < -0.3 is 16.0 Å². The molecule has 1 aromatic carbocycles. The number of aromatic nitrogens is 2. The van der Waals surface area contributed by atoms with Gasteiger partial charge in [-0.1, -0.05) is 12.1 Å². The number of anilines is 1. The molecule has 1 fully saturated rings. The molecule has 6 heteroatoms. The first kappa shape index (κ1) is 17.1. The first-order chi connectivity index (χ1) is 8.81. The molecule has 20 heavy (non-hydrogen) atoms. The van der Waals surface area contributed by atoms with Crippen molar-refractivity contribution in [3.05, 3.63) is 24.3 Å². The maximum atomic E-state index is 5.92. The number of nitrogens with zero attached hydrogens (tertiary/aromatic N) is 1. The number of benzene rings is 1. The molecule has 1 aliphatic carbocycles. The van der Waals surface area contributed by atoms with Crippen LogP contribution in [0.1, 0.15) is 25.7 Å². The van der Waals surface area contributed by atoms with Crippen LogP contribution in [0.3, 0.4) is 0 Å². The van der Waals surface area contributed by atoms with Gasteiger partial charge in [-0.3, -0.25) is 0 Å². The van der Waals surface area contributed by atoms with Gasteiger partial charge in [0, 0.05) is 12.6 Å². The number of hydrogen-bond acceptors (Lipinski definition) is 3. The molecule has 0 unspecified atom stereocenters. The summed E-state index contributed by atoms with van der Waals surface area (Å²) in [7, 11) is 0. The first-order valence-corrected chi connectivity index (χ1v) is 6.75. The zero-order valence-corrected chi connectivity index (χ0v) is 13.0. The van der Waals surface area contributed by atoms with Gasteiger partial charge in [-0.2, -0.15) is 0 Å². The monoisotopic (exact) mass is 316 g/mol. The fourth-order valence-corrected chi connectivity index (χ4v) is 2.67. The van der Waals surface area contributed by atoms with Gasteiger partial charge in [0.15, 0.2) is 0 Å². The highest BCUT2D eigenvalue weighted by Gasteiger charge is 2.18. The number of nitrogens with one attached hydrogen (secondary N) is 2. The number of aromatic amines is 1. The number of imidazole rings is 1. The minimum atomic E-state index is 0. The molecule has 4 nitrogen and oxygen atoms in total. The van der Waals surface area contributed by atoms with E-state index in [4.69, 9.17) is 5.73 Å². The molecule has 1 saturated carbocycles. The average molecular weight is 317 g/mol. The van der Waals surface area contributed by atoms with Crippen molar-refractivity contribution in [2.24, 2.45) is 11.7 Å². The van der Waals surface area contributed by atoms with Crippen LogP contribution >= 0.6 is 24.8 Å². The van der Waals surface area contributed by atoms with E-state index in [1.54, 1.807) is 0 Å². The van der Waals surface area contributed by atoms with E-state index in [1.807, 2.05) is 24.3 Å². The predicted molar refractivity (Wildman–Crippen MR) is 89.0 cm³/mol. The first-order valence-electron chi connectivity index (χ1n) is 6.75. The van der Waals surface area contributed by atoms with E-state index in [2.05, 4.69) is 15.3 Å². The highest BCUT2D eigenvalue weighted by atomic mass is 35.5. The van der Waals surface area contributed by atoms with Crippen LogP contribution in [0.5, 0.6) is 0 Å². The molecule has 2 aromatic rings. The molecule has 112 valence electrons. The van der Waals surface area contributed by atoms with Crippen LogP contribution in [0.2, 0.25) is 0 Å². The maximum absolute atomic E-state index is 5.92. The maximum Gasteiger partial charge on any atom is 0.201 e. The standard InChI is InChI=1S/C14H20N4.2ClH/c15-11-7-5-10(6-8-11)9-16-14-17-12-3-1-2-4-13(12)18-14;;/h1-4,10-11H,5-9,15H2,(H2,16,17,18);2*1H. The molecule has 0 amide bonds. The number of nitrogens with two attached hydrogens (primary N) is 1. The lowest BCUT2D eigenvalue weighted by Gasteiger charge is -2.25. The summed E-state index contributed by atoms with van der Waals surface area (Å²) in [6, 6.07) is 8.53. The summed E-state index contributed by atoms with van der Waals surface area (Å²) in [5, 5.41) is 3.41. The molecular formula is C14H22Cl2N4. The Morgan fingerprint density at radius 2 is 1.85 bits per heavy atom. The van der Waals surface area contributed by atoms with E-state index in [1.165, 1.54) is 12.8 Å². The topological polar surface area (TPSA) is 66.7 Å². The highest BCUT2D eigenvalue weighted by Crippen LogP contribution is 2.23. The second-order valence-electron chi connectivity index (χ2n) is 5.26. The smallest absolute Gasteiger partial charge is 0.201 e. The number of para-hydroxylation sites is 2. The van der Waals surface area contributed by atoms with Gasteiger partial charge in [-0.05, 0) is 43.7 Å². The third kappa shape index (κ3) is 4.01. The zero-order chi connectivity index (χ0) is 12.4. The average Bonchev–Trinajstić information content (AvgIpc) is 2.81. The van der Waals surface area contributed by atoms with E-state index in [-0.39, 0.29) is 24.8 Å². The molecule has 0 atom stereocenters. The Morgan fingerprint density at radius 1 is 1.15 bits per heavy atom. The summed E-state index contributed by atoms with van der Waals surface area (Å²) >= 11 is 0. The van der Waals surface area contributed by atoms with Crippen molar-refractivity contribution in [3.63, 3.8) is 0 Å². The molecule has 0 spiro atoms. The van der Waals surface area contributed by atoms with Gasteiger partial charge in [0.25, 0.3) is 0 Å². The van der Waals surface area contributed by atoms with Crippen molar-refractivity contribution in [3.8, 4) is 0 Å². The molecular weight excluding hydrogens is 295 g/mol. The van der Waals surface area contributed by atoms with E-state index >= 15 is 0 Å². The summed E-state index contributed by atoms with van der Waals surface area (Å²) in [5.74, 6) is 1.61. The van der Waals surface area contributed by atoms with Gasteiger partial charge >= 0.3 is 0 Å². The molecule has 0 bridgehead atoms. The normalized spacial score (nSPS) is 21.9. The van der Waals surface area contributed by atoms with E-state index in [9.17, 15) is 0 Å². The molecule has 0 aliphatic heterocycles. The Kier molecular flexibility index (Phi) is 6.59. The van der Waals surface area contributed by atoms with Crippen molar-refractivity contribution in [1.29, 1.82) is 0 Å². The SMILES string of the molecule is Cl.Cl.NC1CCC(CNc2nc3ccccc3[nH]2)CC1. The largest absolute Gasteiger partial charge is 0.356 e. The van der Waals surface area contributed by atoms with Crippen molar-refractivity contribution in [2.45, 2.75) is 31.7 Å². The zero-order valence-electron chi connectivity index (χ0n) is 11.3. The molecule has 3 rings (SSSR count). The quantitative estimate of drug-likeness (QED) is 0.813. The summed E-state index contributed by atoms with van der Waals surface area (Å²) in [4.78, 5) is 7.82. The molecule has 0 saturated heterocycles. The summed E-state index contributed by atoms with van der Waals surface area (Å²) in [5.41, 5.74) is 8.02. The van der Waals surface area contributed by atoms with Crippen molar-refractivity contribution in [2.75, 3.05) is 11.9 Å². The summed E-state index contributed by atoms with van der Waals surface area (Å²) in [6.45, 7) is 0.993. The molecule has 4 N–H and O–H groups in total. The minimum Gasteiger partial charge on any atom is -0.356 e. The summed E-state index contributed by atoms with van der Waals surface area (Å²) in [6.07, 6.45) is 4.78. The number of halogens is 2. The van der Waals surface area contributed by atoms with Crippen molar-refractivity contribution in [1.82, 2.24) is 9.97 Å². The minimum absolute atomic E-state index is 0. The Hall–Kier alpha value is -0.970. The fourth-order valence-electron chi connectivity index (χ4n) is 2.67. The Labute approximate surface area is 131 Å². The number of rotatable bonds is 3. The van der Waals surface area contributed by atoms with E-state index in [0.717, 1.165) is 42.3 Å². The van der Waals surface area contributed by atoms with Crippen LogP contribution in [0, 0.1) is 5.92 Å². The summed E-state index contributed by atoms with van der Waals surface area (Å²) < 4.78 is 0. The molecule has 1 aromatic heterocycles. The van der Waals surface area contributed by atoms with Gasteiger partial charge in [-0.15, -0.1) is 24.8 Å². The third-order valence-corrected chi connectivity index (χ3v) is 3.84. The molecule has 1 heterocycles. The van der Waals surface area contributed by atoms with Gasteiger partial charge in [0.05, 0.1) is 11.0 Å². The van der Waals surface area contributed by atoms with Crippen LogP contribution in [-0.2, 0) is 0 Å². The van der Waals surface area contributed by atoms with Crippen LogP contribution in [-0.4, -0.2) is 22.6 Å². The van der Waals surface area contributed by atoms with Crippen LogP contribution in [0.15, 0.2) is 24.3 Å². The molecule has 1 aliphatic rings. The van der Waals surface area contributed by atoms with Crippen molar-refractivity contribution < 1.29 is 0 Å². The van der Waals surface area contributed by atoms with Gasteiger partial charge in [0.2, 0.25) is 5.95 Å². The van der Waals surface area contributed by atoms with Gasteiger partial charge in [0.1, 0.15) is 0 Å². The second-order valence-corrected chi connectivity index (χ2v) is 5.26. The third-order valence-electron chi connectivity index (χ3n) is 3.84. The lowest BCUT2D eigenvalue weighted by molar-refractivity contribution is 0.338. The van der Waals surface area contributed by atoms with Crippen LogP contribution in [0.4, 0.5) is 5.95 Å².